The summed E-state index contributed by atoms with van der Waals surface area (Å²) in [6, 6.07) is 8.07. The van der Waals surface area contributed by atoms with Crippen LogP contribution in [0.25, 0.3) is 24.1 Å². The molecule has 0 radical (unpaired) electrons. The molecule has 1 N–H and O–H groups in total. The van der Waals surface area contributed by atoms with E-state index in [0.717, 1.165) is 21.5 Å². The highest BCUT2D eigenvalue weighted by atomic mass is 14.7. The molecule has 0 aliphatic rings. The Kier molecular flexibility index (Phi) is 1.13. The van der Waals surface area contributed by atoms with E-state index in [9.17, 15) is 0 Å². The fourth-order valence-electron chi connectivity index (χ4n) is 1.26. The first-order valence-corrected chi connectivity index (χ1v) is 3.53. The summed E-state index contributed by atoms with van der Waals surface area (Å²) in [7, 11) is 0. The van der Waals surface area contributed by atoms with Crippen molar-refractivity contribution in [3.63, 3.8) is 0 Å². The van der Waals surface area contributed by atoms with Gasteiger partial charge in [0, 0.05) is 16.3 Å². The van der Waals surface area contributed by atoms with E-state index in [0.29, 0.717) is 0 Å². The van der Waals surface area contributed by atoms with Crippen LogP contribution in [0.2, 0.25) is 0 Å². The third-order valence-electron chi connectivity index (χ3n) is 1.90. The highest BCUT2D eigenvalue weighted by molar-refractivity contribution is 5.79. The van der Waals surface area contributed by atoms with E-state index in [4.69, 9.17) is 0 Å². The third-order valence-corrected chi connectivity index (χ3v) is 1.90. The van der Waals surface area contributed by atoms with Gasteiger partial charge in [0.2, 0.25) is 0 Å². The van der Waals surface area contributed by atoms with Gasteiger partial charge in [-0.3, -0.25) is 0 Å². The molecule has 0 fully saturated rings. The Balaban J connectivity index is 3.17. The van der Waals surface area contributed by atoms with Gasteiger partial charge in [-0.15, -0.1) is 0 Å². The standard InChI is InChI=1S/C10H9N/c1-7-8(2)11-10-6-4-3-5-9(7)10/h3-6,11H,1-2H2. The molecule has 0 aliphatic carbocycles. The number of aromatic nitrogens is 1. The quantitative estimate of drug-likeness (QED) is 0.566. The van der Waals surface area contributed by atoms with Crippen molar-refractivity contribution in [3.8, 4) is 0 Å². The number of aromatic amines is 1. The van der Waals surface area contributed by atoms with E-state index in [1.165, 1.54) is 0 Å². The molecule has 11 heavy (non-hydrogen) atoms. The van der Waals surface area contributed by atoms with Crippen molar-refractivity contribution < 1.29 is 0 Å². The van der Waals surface area contributed by atoms with Crippen molar-refractivity contribution in [2.75, 3.05) is 0 Å². The summed E-state index contributed by atoms with van der Waals surface area (Å²) in [4.78, 5) is 3.15. The number of benzene rings is 1. The number of fused-ring (bicyclic) bond motifs is 1. The number of hydrogen-bond donors (Lipinski definition) is 1. The molecule has 1 aromatic heterocycles. The van der Waals surface area contributed by atoms with Crippen molar-refractivity contribution in [2.45, 2.75) is 0 Å². The lowest BCUT2D eigenvalue weighted by atomic mass is 10.2. The van der Waals surface area contributed by atoms with Gasteiger partial charge >= 0.3 is 0 Å². The summed E-state index contributed by atoms with van der Waals surface area (Å²) in [6.07, 6.45) is 0. The number of H-pyrrole nitrogens is 1. The molecule has 0 bridgehead atoms. The summed E-state index contributed by atoms with van der Waals surface area (Å²) >= 11 is 0. The van der Waals surface area contributed by atoms with E-state index in [1.807, 2.05) is 24.3 Å². The average Bonchev–Trinajstić information content (AvgIpc) is 2.30. The molecule has 0 saturated heterocycles. The van der Waals surface area contributed by atoms with Gasteiger partial charge in [-0.05, 0) is 11.3 Å². The van der Waals surface area contributed by atoms with Crippen LogP contribution in [-0.2, 0) is 0 Å². The van der Waals surface area contributed by atoms with Crippen LogP contribution in [0.5, 0.6) is 0 Å². The van der Waals surface area contributed by atoms with Crippen molar-refractivity contribution in [1.29, 1.82) is 0 Å². The minimum absolute atomic E-state index is 0.909. The summed E-state index contributed by atoms with van der Waals surface area (Å²) < 4.78 is 0. The van der Waals surface area contributed by atoms with Crippen LogP contribution < -0.4 is 10.6 Å². The van der Waals surface area contributed by atoms with Crippen molar-refractivity contribution in [1.82, 2.24) is 4.98 Å². The minimum Gasteiger partial charge on any atom is -0.355 e. The zero-order valence-corrected chi connectivity index (χ0v) is 6.22. The predicted octanol–water partition coefficient (Wildman–Crippen LogP) is 0.988. The van der Waals surface area contributed by atoms with Gasteiger partial charge in [0.25, 0.3) is 0 Å². The van der Waals surface area contributed by atoms with Gasteiger partial charge in [0.05, 0.1) is 0 Å². The molecular weight excluding hydrogens is 134 g/mol. The van der Waals surface area contributed by atoms with E-state index >= 15 is 0 Å². The van der Waals surface area contributed by atoms with Crippen LogP contribution in [-0.4, -0.2) is 4.98 Å². The van der Waals surface area contributed by atoms with E-state index in [2.05, 4.69) is 18.1 Å². The molecule has 0 unspecified atom stereocenters. The molecule has 0 amide bonds. The molecule has 0 aliphatic heterocycles. The second-order valence-corrected chi connectivity index (χ2v) is 2.63. The zero-order valence-electron chi connectivity index (χ0n) is 6.22. The molecule has 1 nitrogen and oxygen atoms in total. The van der Waals surface area contributed by atoms with Crippen LogP contribution in [0.3, 0.4) is 0 Å². The molecule has 0 atom stereocenters. The highest BCUT2D eigenvalue weighted by Crippen LogP contribution is 2.02. The monoisotopic (exact) mass is 143 g/mol. The Morgan fingerprint density at radius 2 is 1.82 bits per heavy atom. The largest absolute Gasteiger partial charge is 0.355 e. The zero-order chi connectivity index (χ0) is 7.84. The maximum absolute atomic E-state index is 3.91. The molecule has 2 aromatic rings. The molecule has 1 heteroatoms. The van der Waals surface area contributed by atoms with Gasteiger partial charge in [-0.1, -0.05) is 31.4 Å². The summed E-state index contributed by atoms with van der Waals surface area (Å²) in [6.45, 7) is 7.75. The van der Waals surface area contributed by atoms with Gasteiger partial charge in [0.15, 0.2) is 0 Å². The van der Waals surface area contributed by atoms with Crippen molar-refractivity contribution >= 4 is 24.1 Å². The smallest absolute Gasteiger partial charge is 0.0464 e. The molecule has 1 aromatic carbocycles. The maximum Gasteiger partial charge on any atom is 0.0464 e. The van der Waals surface area contributed by atoms with E-state index in [1.54, 1.807) is 0 Å². The van der Waals surface area contributed by atoms with Crippen LogP contribution >= 0.6 is 0 Å². The van der Waals surface area contributed by atoms with E-state index in [-0.39, 0.29) is 0 Å². The molecule has 54 valence electrons. The first kappa shape index (κ1) is 6.23. The Morgan fingerprint density at radius 1 is 1.09 bits per heavy atom. The highest BCUT2D eigenvalue weighted by Gasteiger charge is 1.93. The van der Waals surface area contributed by atoms with E-state index < -0.39 is 0 Å². The summed E-state index contributed by atoms with van der Waals surface area (Å²) in [5.41, 5.74) is 1.11. The van der Waals surface area contributed by atoms with Gasteiger partial charge < -0.3 is 4.98 Å². The average molecular weight is 143 g/mol. The molecule has 0 saturated carbocycles. The van der Waals surface area contributed by atoms with Crippen molar-refractivity contribution in [2.24, 2.45) is 0 Å². The molecule has 2 rings (SSSR count). The first-order valence-electron chi connectivity index (χ1n) is 3.53. The van der Waals surface area contributed by atoms with Crippen LogP contribution in [0.1, 0.15) is 0 Å². The van der Waals surface area contributed by atoms with Gasteiger partial charge in [-0.25, -0.2) is 0 Å². The third kappa shape index (κ3) is 0.777. The lowest BCUT2D eigenvalue weighted by Crippen LogP contribution is -2.18. The van der Waals surface area contributed by atoms with Crippen LogP contribution in [0.15, 0.2) is 24.3 Å². The summed E-state index contributed by atoms with van der Waals surface area (Å²) in [5, 5.41) is 3.07. The van der Waals surface area contributed by atoms with Crippen LogP contribution in [0, 0.1) is 0 Å². The lowest BCUT2D eigenvalue weighted by Gasteiger charge is -1.84. The van der Waals surface area contributed by atoms with Gasteiger partial charge in [-0.2, -0.15) is 0 Å². The fourth-order valence-corrected chi connectivity index (χ4v) is 1.26. The molecule has 1 heterocycles. The normalized spacial score (nSPS) is 10.5. The number of rotatable bonds is 0. The fraction of sp³-hybridized carbons (Fsp3) is 0. The predicted molar refractivity (Wildman–Crippen MR) is 48.6 cm³/mol. The van der Waals surface area contributed by atoms with Crippen molar-refractivity contribution in [3.05, 3.63) is 34.8 Å². The van der Waals surface area contributed by atoms with Gasteiger partial charge in [0.1, 0.15) is 0 Å². The SMILES string of the molecule is C=c1[nH]c2ccccc2c1=C. The second-order valence-electron chi connectivity index (χ2n) is 2.63. The minimum atomic E-state index is 0.909. The Hall–Kier alpha value is -1.50. The topological polar surface area (TPSA) is 15.8 Å². The summed E-state index contributed by atoms with van der Waals surface area (Å²) in [5.74, 6) is 0. The Bertz CT molecular complexity index is 479. The number of hydrogen-bond acceptors (Lipinski definition) is 0. The Morgan fingerprint density at radius 3 is 2.55 bits per heavy atom. The van der Waals surface area contributed by atoms with Crippen LogP contribution in [0.4, 0.5) is 0 Å². The molecule has 0 spiro atoms. The molecular formula is C10H9N. The lowest BCUT2D eigenvalue weighted by molar-refractivity contribution is 1.37. The second kappa shape index (κ2) is 1.99. The first-order chi connectivity index (χ1) is 5.29. The Labute approximate surface area is 64.7 Å². The number of nitrogens with one attached hydrogen (secondary N) is 1. The number of para-hydroxylation sites is 1. The maximum atomic E-state index is 3.91.